The molecular formula is C28H27ClFN3O4. The lowest BCUT2D eigenvalue weighted by molar-refractivity contribution is -0.127. The SMILES string of the molecule is CCC(C)NC(=O)C1C(c2ccc(NC(=O)c3cccc(Cl)c3)cc2)OC(=O)N1Cc1ccc(F)cc1. The summed E-state index contributed by atoms with van der Waals surface area (Å²) in [4.78, 5) is 40.1. The molecule has 37 heavy (non-hydrogen) atoms. The minimum atomic E-state index is -0.932. The fraction of sp³-hybridized carbons (Fsp3) is 0.250. The van der Waals surface area contributed by atoms with Gasteiger partial charge in [-0.05, 0) is 66.9 Å². The Morgan fingerprint density at radius 2 is 1.78 bits per heavy atom. The predicted octanol–water partition coefficient (Wildman–Crippen LogP) is 5.71. The van der Waals surface area contributed by atoms with Crippen molar-refractivity contribution in [1.82, 2.24) is 10.2 Å². The maximum atomic E-state index is 13.4. The monoisotopic (exact) mass is 523 g/mol. The van der Waals surface area contributed by atoms with E-state index in [4.69, 9.17) is 16.3 Å². The molecule has 192 valence electrons. The van der Waals surface area contributed by atoms with E-state index in [1.807, 2.05) is 13.8 Å². The predicted molar refractivity (Wildman–Crippen MR) is 139 cm³/mol. The molecule has 9 heteroatoms. The van der Waals surface area contributed by atoms with Crippen LogP contribution in [0, 0.1) is 5.82 Å². The highest BCUT2D eigenvalue weighted by Gasteiger charge is 2.47. The van der Waals surface area contributed by atoms with E-state index in [0.29, 0.717) is 27.4 Å². The van der Waals surface area contributed by atoms with Gasteiger partial charge in [0.15, 0.2) is 12.1 Å². The third-order valence-corrected chi connectivity index (χ3v) is 6.44. The summed E-state index contributed by atoms with van der Waals surface area (Å²) in [6.07, 6.45) is -0.789. The summed E-state index contributed by atoms with van der Waals surface area (Å²) in [7, 11) is 0. The topological polar surface area (TPSA) is 87.7 Å². The maximum absolute atomic E-state index is 13.4. The number of carbonyl (C=O) groups excluding carboxylic acids is 3. The molecule has 0 bridgehead atoms. The number of halogens is 2. The molecule has 0 aliphatic carbocycles. The summed E-state index contributed by atoms with van der Waals surface area (Å²) in [5.74, 6) is -1.05. The van der Waals surface area contributed by atoms with E-state index >= 15 is 0 Å². The molecule has 3 unspecified atom stereocenters. The number of nitrogens with one attached hydrogen (secondary N) is 2. The number of nitrogens with zero attached hydrogens (tertiary/aromatic N) is 1. The van der Waals surface area contributed by atoms with E-state index < -0.39 is 18.2 Å². The molecule has 1 fully saturated rings. The largest absolute Gasteiger partial charge is 0.438 e. The Kier molecular flexibility index (Phi) is 8.08. The summed E-state index contributed by atoms with van der Waals surface area (Å²) in [5.41, 5.74) is 2.21. The molecule has 1 aliphatic rings. The summed E-state index contributed by atoms with van der Waals surface area (Å²) >= 11 is 5.97. The molecule has 3 aromatic rings. The van der Waals surface area contributed by atoms with Crippen LogP contribution in [0.3, 0.4) is 0 Å². The van der Waals surface area contributed by atoms with Crippen LogP contribution in [0.5, 0.6) is 0 Å². The molecule has 3 atom stereocenters. The molecule has 7 nitrogen and oxygen atoms in total. The third-order valence-electron chi connectivity index (χ3n) is 6.20. The summed E-state index contributed by atoms with van der Waals surface area (Å²) in [6.45, 7) is 3.92. The van der Waals surface area contributed by atoms with E-state index in [9.17, 15) is 18.8 Å². The van der Waals surface area contributed by atoms with Crippen molar-refractivity contribution in [1.29, 1.82) is 0 Å². The quantitative estimate of drug-likeness (QED) is 0.396. The van der Waals surface area contributed by atoms with Gasteiger partial charge in [0.25, 0.3) is 5.91 Å². The summed E-state index contributed by atoms with van der Waals surface area (Å²) in [6, 6.07) is 18.1. The van der Waals surface area contributed by atoms with Crippen molar-refractivity contribution in [3.63, 3.8) is 0 Å². The molecule has 3 amide bonds. The van der Waals surface area contributed by atoms with Crippen LogP contribution in [-0.4, -0.2) is 34.9 Å². The second-order valence-electron chi connectivity index (χ2n) is 8.91. The van der Waals surface area contributed by atoms with Gasteiger partial charge < -0.3 is 15.4 Å². The Bertz CT molecular complexity index is 1280. The molecule has 1 heterocycles. The molecule has 0 radical (unpaired) electrons. The Hall–Kier alpha value is -3.91. The summed E-state index contributed by atoms with van der Waals surface area (Å²) < 4.78 is 19.0. The molecule has 1 aliphatic heterocycles. The van der Waals surface area contributed by atoms with Crippen molar-refractivity contribution in [2.75, 3.05) is 5.32 Å². The third kappa shape index (κ3) is 6.27. The second kappa shape index (κ2) is 11.4. The highest BCUT2D eigenvalue weighted by molar-refractivity contribution is 6.31. The molecule has 2 N–H and O–H groups in total. The van der Waals surface area contributed by atoms with E-state index in [0.717, 1.165) is 6.42 Å². The van der Waals surface area contributed by atoms with Crippen LogP contribution in [0.2, 0.25) is 5.02 Å². The van der Waals surface area contributed by atoms with Gasteiger partial charge in [-0.1, -0.05) is 48.9 Å². The van der Waals surface area contributed by atoms with Gasteiger partial charge in [0.2, 0.25) is 5.91 Å². The lowest BCUT2D eigenvalue weighted by atomic mass is 10.00. The Morgan fingerprint density at radius 3 is 2.43 bits per heavy atom. The van der Waals surface area contributed by atoms with Gasteiger partial charge >= 0.3 is 6.09 Å². The Labute approximate surface area is 219 Å². The zero-order chi connectivity index (χ0) is 26.5. The first-order chi connectivity index (χ1) is 17.7. The number of hydrogen-bond donors (Lipinski definition) is 2. The average molecular weight is 524 g/mol. The number of benzene rings is 3. The van der Waals surface area contributed by atoms with Crippen LogP contribution in [0.1, 0.15) is 47.9 Å². The Morgan fingerprint density at radius 1 is 1.08 bits per heavy atom. The van der Waals surface area contributed by atoms with Crippen LogP contribution < -0.4 is 10.6 Å². The lowest BCUT2D eigenvalue weighted by Crippen LogP contribution is -2.48. The molecule has 1 saturated heterocycles. The normalized spacial score (nSPS) is 17.7. The molecule has 4 rings (SSSR count). The van der Waals surface area contributed by atoms with Gasteiger partial charge in [0.1, 0.15) is 5.82 Å². The zero-order valence-electron chi connectivity index (χ0n) is 20.4. The number of cyclic esters (lactones) is 1. The fourth-order valence-electron chi connectivity index (χ4n) is 4.02. The molecule has 0 spiro atoms. The van der Waals surface area contributed by atoms with Crippen LogP contribution in [0.25, 0.3) is 0 Å². The standard InChI is InChI=1S/C28H27ClFN3O4/c1-3-17(2)31-27(35)24-25(37-28(36)33(24)16-18-7-11-22(30)12-8-18)19-9-13-23(14-10-19)32-26(34)20-5-4-6-21(29)15-20/h4-15,17,24-25H,3,16H2,1-2H3,(H,31,35)(H,32,34). The van der Waals surface area contributed by atoms with Gasteiger partial charge in [0.05, 0.1) is 6.54 Å². The maximum Gasteiger partial charge on any atom is 0.411 e. The number of carbonyl (C=O) groups is 3. The van der Waals surface area contributed by atoms with Crippen LogP contribution >= 0.6 is 11.6 Å². The van der Waals surface area contributed by atoms with Crippen molar-refractivity contribution < 1.29 is 23.5 Å². The van der Waals surface area contributed by atoms with Crippen molar-refractivity contribution >= 4 is 35.2 Å². The van der Waals surface area contributed by atoms with Gasteiger partial charge in [-0.2, -0.15) is 0 Å². The number of anilines is 1. The van der Waals surface area contributed by atoms with E-state index in [1.165, 1.54) is 17.0 Å². The van der Waals surface area contributed by atoms with Gasteiger partial charge in [-0.25, -0.2) is 9.18 Å². The zero-order valence-corrected chi connectivity index (χ0v) is 21.2. The van der Waals surface area contributed by atoms with E-state index in [-0.39, 0.29) is 30.2 Å². The molecule has 0 aromatic heterocycles. The van der Waals surface area contributed by atoms with Crippen molar-refractivity contribution in [3.05, 3.63) is 100 Å². The first-order valence-corrected chi connectivity index (χ1v) is 12.3. The van der Waals surface area contributed by atoms with Crippen molar-refractivity contribution in [2.45, 2.75) is 45.0 Å². The van der Waals surface area contributed by atoms with Crippen molar-refractivity contribution in [2.24, 2.45) is 0 Å². The fourth-order valence-corrected chi connectivity index (χ4v) is 4.21. The van der Waals surface area contributed by atoms with E-state index in [2.05, 4.69) is 10.6 Å². The van der Waals surface area contributed by atoms with Crippen molar-refractivity contribution in [3.8, 4) is 0 Å². The first kappa shape index (κ1) is 26.2. The van der Waals surface area contributed by atoms with E-state index in [1.54, 1.807) is 60.7 Å². The average Bonchev–Trinajstić information content (AvgIpc) is 3.21. The first-order valence-electron chi connectivity index (χ1n) is 11.9. The number of amides is 3. The molecule has 3 aromatic carbocycles. The summed E-state index contributed by atoms with van der Waals surface area (Å²) in [5, 5.41) is 6.19. The second-order valence-corrected chi connectivity index (χ2v) is 9.34. The minimum Gasteiger partial charge on any atom is -0.438 e. The lowest BCUT2D eigenvalue weighted by Gasteiger charge is -2.25. The minimum absolute atomic E-state index is 0.0853. The number of rotatable bonds is 8. The van der Waals surface area contributed by atoms with Crippen LogP contribution in [0.4, 0.5) is 14.9 Å². The van der Waals surface area contributed by atoms with Gasteiger partial charge in [0, 0.05) is 22.3 Å². The number of hydrogen-bond acceptors (Lipinski definition) is 4. The van der Waals surface area contributed by atoms with Crippen LogP contribution in [0.15, 0.2) is 72.8 Å². The van der Waals surface area contributed by atoms with Gasteiger partial charge in [-0.15, -0.1) is 0 Å². The molecule has 0 saturated carbocycles. The Balaban J connectivity index is 1.55. The highest BCUT2D eigenvalue weighted by atomic mass is 35.5. The molecular weight excluding hydrogens is 497 g/mol. The smallest absolute Gasteiger partial charge is 0.411 e. The highest BCUT2D eigenvalue weighted by Crippen LogP contribution is 2.34. The number of ether oxygens (including phenoxy) is 1. The van der Waals surface area contributed by atoms with Gasteiger partial charge in [-0.3, -0.25) is 14.5 Å². The van der Waals surface area contributed by atoms with Crippen LogP contribution in [-0.2, 0) is 16.1 Å².